The number of amides is 1. The Morgan fingerprint density at radius 1 is 1.53 bits per heavy atom. The van der Waals surface area contributed by atoms with Crippen molar-refractivity contribution in [3.63, 3.8) is 0 Å². The predicted molar refractivity (Wildman–Crippen MR) is 75.0 cm³/mol. The van der Waals surface area contributed by atoms with E-state index in [-0.39, 0.29) is 12.0 Å². The maximum absolute atomic E-state index is 11.8. The molecule has 0 radical (unpaired) electrons. The van der Waals surface area contributed by atoms with Gasteiger partial charge in [0.1, 0.15) is 0 Å². The summed E-state index contributed by atoms with van der Waals surface area (Å²) in [5.74, 6) is -0.213. The zero-order valence-corrected chi connectivity index (χ0v) is 12.0. The maximum atomic E-state index is 11.8. The average molecular weight is 268 g/mol. The van der Waals surface area contributed by atoms with Crippen molar-refractivity contribution in [3.05, 3.63) is 11.9 Å². The number of carbonyl (C=O) groups excluding carboxylic acids is 1. The van der Waals surface area contributed by atoms with Crippen LogP contribution in [0.4, 0.5) is 5.69 Å². The fourth-order valence-electron chi connectivity index (χ4n) is 1.61. The molecule has 19 heavy (non-hydrogen) atoms. The Balaban J connectivity index is 2.25. The molecule has 0 unspecified atom stereocenters. The molecule has 0 saturated heterocycles. The highest BCUT2D eigenvalue weighted by Crippen LogP contribution is 2.08. The van der Waals surface area contributed by atoms with E-state index in [1.165, 1.54) is 0 Å². The Morgan fingerprint density at radius 2 is 2.26 bits per heavy atom. The Labute approximate surface area is 114 Å². The number of nitrogens with zero attached hydrogens (tertiary/aromatic N) is 2. The first-order valence-corrected chi connectivity index (χ1v) is 6.77. The summed E-state index contributed by atoms with van der Waals surface area (Å²) in [6, 6.07) is 0. The summed E-state index contributed by atoms with van der Waals surface area (Å²) >= 11 is 0. The van der Waals surface area contributed by atoms with E-state index in [4.69, 9.17) is 10.5 Å². The Bertz CT molecular complexity index is 401. The lowest BCUT2D eigenvalue weighted by molar-refractivity contribution is 0.0754. The second-order valence-electron chi connectivity index (χ2n) is 4.67. The zero-order valence-electron chi connectivity index (χ0n) is 12.0. The summed E-state index contributed by atoms with van der Waals surface area (Å²) in [7, 11) is 0. The molecule has 1 heterocycles. The molecule has 0 saturated carbocycles. The van der Waals surface area contributed by atoms with E-state index in [9.17, 15) is 4.79 Å². The third-order valence-corrected chi connectivity index (χ3v) is 2.64. The van der Waals surface area contributed by atoms with Gasteiger partial charge in [0.15, 0.2) is 5.69 Å². The number of unbranched alkanes of at least 4 members (excludes halogenated alkanes) is 1. The number of nitrogens with one attached hydrogen (secondary N) is 1. The molecule has 0 aromatic carbocycles. The number of rotatable bonds is 8. The number of hydrogen-bond acceptors (Lipinski definition) is 4. The van der Waals surface area contributed by atoms with Gasteiger partial charge in [-0.15, -0.1) is 0 Å². The number of nitrogen functional groups attached to an aromatic ring is 1. The molecule has 1 aromatic heterocycles. The van der Waals surface area contributed by atoms with Crippen LogP contribution in [0.2, 0.25) is 0 Å². The number of anilines is 1. The smallest absolute Gasteiger partial charge is 0.273 e. The number of aromatic nitrogens is 2. The third-order valence-electron chi connectivity index (χ3n) is 2.64. The van der Waals surface area contributed by atoms with Crippen LogP contribution in [0.25, 0.3) is 0 Å². The standard InChI is InChI=1S/C13H24N4O2/c1-4-17-9-11(14)12(16-17)13(18)15-7-5-6-8-19-10(2)3/h9-10H,4-8,14H2,1-3H3,(H,15,18). The summed E-state index contributed by atoms with van der Waals surface area (Å²) in [6.07, 6.45) is 3.74. The SMILES string of the molecule is CCn1cc(N)c(C(=O)NCCCCOC(C)C)n1. The van der Waals surface area contributed by atoms with Crippen molar-refractivity contribution in [2.75, 3.05) is 18.9 Å². The van der Waals surface area contributed by atoms with Crippen molar-refractivity contribution in [1.29, 1.82) is 0 Å². The predicted octanol–water partition coefficient (Wildman–Crippen LogP) is 1.42. The van der Waals surface area contributed by atoms with Crippen molar-refractivity contribution < 1.29 is 9.53 Å². The van der Waals surface area contributed by atoms with Gasteiger partial charge in [-0.3, -0.25) is 9.48 Å². The van der Waals surface area contributed by atoms with Crippen LogP contribution in [-0.2, 0) is 11.3 Å². The van der Waals surface area contributed by atoms with E-state index in [0.29, 0.717) is 24.5 Å². The number of carbonyl (C=O) groups is 1. The van der Waals surface area contributed by atoms with Crippen LogP contribution in [-0.4, -0.2) is 34.9 Å². The van der Waals surface area contributed by atoms with Gasteiger partial charge < -0.3 is 15.8 Å². The second kappa shape index (κ2) is 7.78. The first kappa shape index (κ1) is 15.5. The molecule has 0 aliphatic carbocycles. The molecule has 0 bridgehead atoms. The molecule has 1 aromatic rings. The highest BCUT2D eigenvalue weighted by atomic mass is 16.5. The fraction of sp³-hybridized carbons (Fsp3) is 0.692. The van der Waals surface area contributed by atoms with Gasteiger partial charge in [-0.05, 0) is 33.6 Å². The van der Waals surface area contributed by atoms with Crippen LogP contribution in [0, 0.1) is 0 Å². The van der Waals surface area contributed by atoms with E-state index < -0.39 is 0 Å². The van der Waals surface area contributed by atoms with Gasteiger partial charge in [-0.25, -0.2) is 0 Å². The molecule has 0 fully saturated rings. The molecular formula is C13H24N4O2. The molecule has 0 aliphatic rings. The lowest BCUT2D eigenvalue weighted by atomic mass is 10.3. The minimum atomic E-state index is -0.213. The summed E-state index contributed by atoms with van der Waals surface area (Å²) in [6.45, 7) is 7.99. The normalized spacial score (nSPS) is 10.9. The molecule has 6 heteroatoms. The van der Waals surface area contributed by atoms with Crippen molar-refractivity contribution in [2.24, 2.45) is 0 Å². The van der Waals surface area contributed by atoms with Gasteiger partial charge >= 0.3 is 0 Å². The van der Waals surface area contributed by atoms with Gasteiger partial charge in [0, 0.05) is 25.9 Å². The van der Waals surface area contributed by atoms with Gasteiger partial charge in [-0.1, -0.05) is 0 Å². The zero-order chi connectivity index (χ0) is 14.3. The van der Waals surface area contributed by atoms with Crippen molar-refractivity contribution in [3.8, 4) is 0 Å². The minimum Gasteiger partial charge on any atom is -0.396 e. The lowest BCUT2D eigenvalue weighted by Crippen LogP contribution is -2.26. The van der Waals surface area contributed by atoms with E-state index in [2.05, 4.69) is 10.4 Å². The van der Waals surface area contributed by atoms with Crippen LogP contribution in [0.15, 0.2) is 6.20 Å². The highest BCUT2D eigenvalue weighted by molar-refractivity contribution is 5.96. The van der Waals surface area contributed by atoms with Crippen molar-refractivity contribution in [2.45, 2.75) is 46.3 Å². The number of nitrogens with two attached hydrogens (primary N) is 1. The largest absolute Gasteiger partial charge is 0.396 e. The Hall–Kier alpha value is -1.56. The highest BCUT2D eigenvalue weighted by Gasteiger charge is 2.13. The molecule has 1 rings (SSSR count). The number of hydrogen-bond donors (Lipinski definition) is 2. The van der Waals surface area contributed by atoms with Gasteiger partial charge in [0.2, 0.25) is 0 Å². The summed E-state index contributed by atoms with van der Waals surface area (Å²) in [5.41, 5.74) is 6.46. The van der Waals surface area contributed by atoms with Crippen LogP contribution in [0.3, 0.4) is 0 Å². The van der Waals surface area contributed by atoms with Crippen molar-refractivity contribution in [1.82, 2.24) is 15.1 Å². The van der Waals surface area contributed by atoms with Crippen LogP contribution in [0.1, 0.15) is 44.1 Å². The summed E-state index contributed by atoms with van der Waals surface area (Å²) in [5, 5.41) is 6.94. The minimum absolute atomic E-state index is 0.213. The third kappa shape index (κ3) is 5.30. The molecule has 108 valence electrons. The summed E-state index contributed by atoms with van der Waals surface area (Å²) in [4.78, 5) is 11.8. The van der Waals surface area contributed by atoms with E-state index in [1.54, 1.807) is 10.9 Å². The van der Waals surface area contributed by atoms with Gasteiger partial charge in [0.05, 0.1) is 11.8 Å². The lowest BCUT2D eigenvalue weighted by Gasteiger charge is -2.07. The molecule has 0 aliphatic heterocycles. The first-order chi connectivity index (χ1) is 9.04. The molecular weight excluding hydrogens is 244 g/mol. The molecule has 1 amide bonds. The van der Waals surface area contributed by atoms with E-state index >= 15 is 0 Å². The number of aryl methyl sites for hydroxylation is 1. The number of ether oxygens (including phenoxy) is 1. The summed E-state index contributed by atoms with van der Waals surface area (Å²) < 4.78 is 7.08. The van der Waals surface area contributed by atoms with Crippen LogP contribution in [0.5, 0.6) is 0 Å². The molecule has 0 atom stereocenters. The van der Waals surface area contributed by atoms with Crippen LogP contribution >= 0.6 is 0 Å². The topological polar surface area (TPSA) is 82.2 Å². The first-order valence-electron chi connectivity index (χ1n) is 6.77. The van der Waals surface area contributed by atoms with Crippen molar-refractivity contribution >= 4 is 11.6 Å². The fourth-order valence-corrected chi connectivity index (χ4v) is 1.61. The Kier molecular flexibility index (Phi) is 6.35. The van der Waals surface area contributed by atoms with E-state index in [0.717, 1.165) is 19.4 Å². The molecule has 3 N–H and O–H groups in total. The quantitative estimate of drug-likeness (QED) is 0.699. The maximum Gasteiger partial charge on any atom is 0.273 e. The average Bonchev–Trinajstić information content (AvgIpc) is 2.74. The van der Waals surface area contributed by atoms with E-state index in [1.807, 2.05) is 20.8 Å². The Morgan fingerprint density at radius 3 is 2.84 bits per heavy atom. The monoisotopic (exact) mass is 268 g/mol. The molecule has 6 nitrogen and oxygen atoms in total. The van der Waals surface area contributed by atoms with Gasteiger partial charge in [-0.2, -0.15) is 5.10 Å². The molecule has 0 spiro atoms. The second-order valence-corrected chi connectivity index (χ2v) is 4.67. The van der Waals surface area contributed by atoms with Gasteiger partial charge in [0.25, 0.3) is 5.91 Å². The van der Waals surface area contributed by atoms with Crippen LogP contribution < -0.4 is 11.1 Å².